The van der Waals surface area contributed by atoms with Gasteiger partial charge >= 0.3 is 0 Å². The zero-order valence-corrected chi connectivity index (χ0v) is 10.4. The summed E-state index contributed by atoms with van der Waals surface area (Å²) in [6.45, 7) is 8.70. The van der Waals surface area contributed by atoms with Crippen LogP contribution in [0.2, 0.25) is 0 Å². The lowest BCUT2D eigenvalue weighted by Gasteiger charge is -2.49. The minimum atomic E-state index is 0.00441. The van der Waals surface area contributed by atoms with Crippen molar-refractivity contribution < 1.29 is 4.74 Å². The van der Waals surface area contributed by atoms with Crippen molar-refractivity contribution in [1.82, 2.24) is 5.32 Å². The van der Waals surface area contributed by atoms with Crippen LogP contribution in [0.3, 0.4) is 0 Å². The molecule has 1 N–H and O–H groups in total. The van der Waals surface area contributed by atoms with E-state index < -0.39 is 0 Å². The molecule has 2 rings (SSSR count). The van der Waals surface area contributed by atoms with Crippen molar-refractivity contribution in [3.8, 4) is 0 Å². The van der Waals surface area contributed by atoms with Gasteiger partial charge in [0.2, 0.25) is 0 Å². The van der Waals surface area contributed by atoms with Gasteiger partial charge in [-0.3, -0.25) is 0 Å². The number of morpholine rings is 1. The molecule has 1 aliphatic heterocycles. The van der Waals surface area contributed by atoms with Crippen LogP contribution in [0.15, 0.2) is 0 Å². The summed E-state index contributed by atoms with van der Waals surface area (Å²) in [6, 6.07) is 0. The molecule has 0 aromatic carbocycles. The van der Waals surface area contributed by atoms with E-state index in [4.69, 9.17) is 4.74 Å². The Morgan fingerprint density at radius 2 is 1.67 bits per heavy atom. The number of ether oxygens (including phenoxy) is 1. The first-order valence-electron chi connectivity index (χ1n) is 6.43. The highest BCUT2D eigenvalue weighted by molar-refractivity contribution is 4.95. The van der Waals surface area contributed by atoms with Gasteiger partial charge in [0.05, 0.1) is 11.2 Å². The van der Waals surface area contributed by atoms with E-state index in [0.717, 1.165) is 19.0 Å². The van der Waals surface area contributed by atoms with Gasteiger partial charge in [0.25, 0.3) is 0 Å². The summed E-state index contributed by atoms with van der Waals surface area (Å²) in [7, 11) is 0. The van der Waals surface area contributed by atoms with E-state index in [9.17, 15) is 0 Å². The lowest BCUT2D eigenvalue weighted by atomic mass is 9.76. The van der Waals surface area contributed by atoms with Crippen molar-refractivity contribution in [1.29, 1.82) is 0 Å². The summed E-state index contributed by atoms with van der Waals surface area (Å²) in [5.41, 5.74) is 0.0760. The predicted octanol–water partition coefficient (Wildman–Crippen LogP) is 2.72. The molecule has 0 radical (unpaired) electrons. The zero-order valence-electron chi connectivity index (χ0n) is 10.4. The summed E-state index contributed by atoms with van der Waals surface area (Å²) in [5.74, 6) is 0.762. The van der Waals surface area contributed by atoms with Crippen LogP contribution in [0.1, 0.15) is 52.9 Å². The summed E-state index contributed by atoms with van der Waals surface area (Å²) < 4.78 is 6.34. The lowest BCUT2D eigenvalue weighted by Crippen LogP contribution is -2.60. The second kappa shape index (κ2) is 4.06. The van der Waals surface area contributed by atoms with Gasteiger partial charge in [-0.1, -0.05) is 19.3 Å². The molecule has 1 saturated heterocycles. The van der Waals surface area contributed by atoms with Crippen molar-refractivity contribution in [2.24, 2.45) is 5.92 Å². The van der Waals surface area contributed by atoms with E-state index >= 15 is 0 Å². The smallest absolute Gasteiger partial charge is 0.0814 e. The van der Waals surface area contributed by atoms with Gasteiger partial charge in [-0.15, -0.1) is 0 Å². The molecule has 0 aromatic rings. The van der Waals surface area contributed by atoms with Gasteiger partial charge in [0.1, 0.15) is 0 Å². The Hall–Kier alpha value is -0.0800. The first-order valence-corrected chi connectivity index (χ1v) is 6.43. The zero-order chi connectivity index (χ0) is 10.9. The van der Waals surface area contributed by atoms with Crippen LogP contribution < -0.4 is 5.32 Å². The van der Waals surface area contributed by atoms with E-state index in [-0.39, 0.29) is 11.2 Å². The van der Waals surface area contributed by atoms with Crippen molar-refractivity contribution in [2.75, 3.05) is 13.1 Å². The van der Waals surface area contributed by atoms with Crippen molar-refractivity contribution in [3.63, 3.8) is 0 Å². The normalized spacial score (nSPS) is 37.8. The Labute approximate surface area is 93.8 Å². The van der Waals surface area contributed by atoms with E-state index in [1.807, 2.05) is 0 Å². The van der Waals surface area contributed by atoms with Crippen LogP contribution in [0.5, 0.6) is 0 Å². The molecule has 1 atom stereocenters. The Bertz CT molecular complexity index is 221. The van der Waals surface area contributed by atoms with Crippen LogP contribution in [0, 0.1) is 5.92 Å². The SMILES string of the molecule is CC1(C)CNCC(C)(C2CCCCC2)O1. The highest BCUT2D eigenvalue weighted by Gasteiger charge is 2.42. The number of hydrogen-bond donors (Lipinski definition) is 1. The minimum Gasteiger partial charge on any atom is -0.366 e. The summed E-state index contributed by atoms with van der Waals surface area (Å²) in [6.07, 6.45) is 6.92. The maximum Gasteiger partial charge on any atom is 0.0814 e. The molecule has 2 nitrogen and oxygen atoms in total. The molecular formula is C13H25NO. The van der Waals surface area contributed by atoms with Gasteiger partial charge in [0, 0.05) is 13.1 Å². The molecule has 0 spiro atoms. The second-order valence-corrected chi connectivity index (χ2v) is 6.11. The fraction of sp³-hybridized carbons (Fsp3) is 1.00. The average Bonchev–Trinajstić information content (AvgIpc) is 2.17. The Morgan fingerprint density at radius 3 is 2.27 bits per heavy atom. The molecule has 2 fully saturated rings. The molecule has 0 bridgehead atoms. The van der Waals surface area contributed by atoms with E-state index in [0.29, 0.717) is 0 Å². The predicted molar refractivity (Wildman–Crippen MR) is 63.0 cm³/mol. The number of rotatable bonds is 1. The van der Waals surface area contributed by atoms with Crippen LogP contribution in [0.25, 0.3) is 0 Å². The standard InChI is InChI=1S/C13H25NO/c1-12(2)9-14-10-13(3,15-12)11-7-5-4-6-8-11/h11,14H,4-10H2,1-3H3. The number of nitrogens with one attached hydrogen (secondary N) is 1. The highest BCUT2D eigenvalue weighted by atomic mass is 16.5. The molecule has 1 aliphatic carbocycles. The topological polar surface area (TPSA) is 21.3 Å². The third-order valence-electron chi connectivity index (χ3n) is 4.00. The number of hydrogen-bond acceptors (Lipinski definition) is 2. The Morgan fingerprint density at radius 1 is 1.00 bits per heavy atom. The van der Waals surface area contributed by atoms with Gasteiger partial charge < -0.3 is 10.1 Å². The van der Waals surface area contributed by atoms with E-state index in [1.165, 1.54) is 32.1 Å². The fourth-order valence-electron chi connectivity index (χ4n) is 3.26. The molecule has 1 heterocycles. The quantitative estimate of drug-likeness (QED) is 0.720. The minimum absolute atomic E-state index is 0.00441. The summed E-state index contributed by atoms with van der Waals surface area (Å²) >= 11 is 0. The lowest BCUT2D eigenvalue weighted by molar-refractivity contribution is -0.182. The van der Waals surface area contributed by atoms with Crippen LogP contribution in [0.4, 0.5) is 0 Å². The molecule has 2 aliphatic rings. The van der Waals surface area contributed by atoms with Crippen LogP contribution in [-0.4, -0.2) is 24.3 Å². The Balaban J connectivity index is 2.04. The maximum absolute atomic E-state index is 6.34. The third-order valence-corrected chi connectivity index (χ3v) is 4.00. The Kier molecular flexibility index (Phi) is 3.09. The average molecular weight is 211 g/mol. The molecule has 2 heteroatoms. The first kappa shape index (κ1) is 11.4. The fourth-order valence-corrected chi connectivity index (χ4v) is 3.26. The van der Waals surface area contributed by atoms with E-state index in [1.54, 1.807) is 0 Å². The molecule has 15 heavy (non-hydrogen) atoms. The molecule has 0 amide bonds. The monoisotopic (exact) mass is 211 g/mol. The molecule has 0 aromatic heterocycles. The van der Waals surface area contributed by atoms with Gasteiger partial charge in [-0.25, -0.2) is 0 Å². The second-order valence-electron chi connectivity index (χ2n) is 6.11. The van der Waals surface area contributed by atoms with Crippen LogP contribution in [-0.2, 0) is 4.74 Å². The van der Waals surface area contributed by atoms with Crippen molar-refractivity contribution >= 4 is 0 Å². The van der Waals surface area contributed by atoms with Crippen molar-refractivity contribution in [3.05, 3.63) is 0 Å². The summed E-state index contributed by atoms with van der Waals surface area (Å²) in [5, 5.41) is 3.54. The van der Waals surface area contributed by atoms with Gasteiger partial charge in [-0.05, 0) is 39.5 Å². The van der Waals surface area contributed by atoms with Crippen molar-refractivity contribution in [2.45, 2.75) is 64.1 Å². The third kappa shape index (κ3) is 2.54. The molecule has 1 unspecified atom stereocenters. The molecule has 1 saturated carbocycles. The molecule has 88 valence electrons. The van der Waals surface area contributed by atoms with Gasteiger partial charge in [0.15, 0.2) is 0 Å². The van der Waals surface area contributed by atoms with Gasteiger partial charge in [-0.2, -0.15) is 0 Å². The maximum atomic E-state index is 6.34. The van der Waals surface area contributed by atoms with E-state index in [2.05, 4.69) is 26.1 Å². The summed E-state index contributed by atoms with van der Waals surface area (Å²) in [4.78, 5) is 0. The first-order chi connectivity index (χ1) is 7.02. The highest BCUT2D eigenvalue weighted by Crippen LogP contribution is 2.38. The largest absolute Gasteiger partial charge is 0.366 e. The van der Waals surface area contributed by atoms with Crippen LogP contribution >= 0.6 is 0 Å². The molecular weight excluding hydrogens is 186 g/mol.